The maximum Gasteiger partial charge on any atom is 0.122 e. The molecule has 15 heavy (non-hydrogen) atoms. The molecule has 0 spiro atoms. The van der Waals surface area contributed by atoms with Gasteiger partial charge in [-0.15, -0.1) is 0 Å². The first-order valence-corrected chi connectivity index (χ1v) is 5.66. The van der Waals surface area contributed by atoms with Crippen LogP contribution in [0.5, 0.6) is 5.75 Å². The molecule has 1 fully saturated rings. The van der Waals surface area contributed by atoms with E-state index in [1.54, 1.807) is 7.11 Å². The molecule has 1 saturated heterocycles. The van der Waals surface area contributed by atoms with Crippen molar-refractivity contribution in [3.8, 4) is 5.75 Å². The summed E-state index contributed by atoms with van der Waals surface area (Å²) in [7, 11) is 1.75. The SMILES string of the molecule is COc1ccccc1[C@H]1CCNC[C@H]1C. The van der Waals surface area contributed by atoms with E-state index in [4.69, 9.17) is 4.74 Å². The highest BCUT2D eigenvalue weighted by atomic mass is 16.5. The number of piperidine rings is 1. The van der Waals surface area contributed by atoms with E-state index < -0.39 is 0 Å². The quantitative estimate of drug-likeness (QED) is 0.800. The molecule has 0 saturated carbocycles. The van der Waals surface area contributed by atoms with Crippen molar-refractivity contribution in [2.24, 2.45) is 5.92 Å². The van der Waals surface area contributed by atoms with Gasteiger partial charge in [-0.3, -0.25) is 0 Å². The molecule has 0 aromatic heterocycles. The smallest absolute Gasteiger partial charge is 0.122 e. The van der Waals surface area contributed by atoms with E-state index in [-0.39, 0.29) is 0 Å². The van der Waals surface area contributed by atoms with Gasteiger partial charge in [0.1, 0.15) is 5.75 Å². The molecule has 0 unspecified atom stereocenters. The number of methoxy groups -OCH3 is 1. The van der Waals surface area contributed by atoms with Gasteiger partial charge in [0.15, 0.2) is 0 Å². The third kappa shape index (κ3) is 2.15. The van der Waals surface area contributed by atoms with Crippen LogP contribution >= 0.6 is 0 Å². The standard InChI is InChI=1S/C13H19NO/c1-10-9-14-8-7-11(10)12-5-3-4-6-13(12)15-2/h3-6,10-11,14H,7-9H2,1-2H3/t10-,11+/m1/s1. The van der Waals surface area contributed by atoms with Gasteiger partial charge in [0.25, 0.3) is 0 Å². The summed E-state index contributed by atoms with van der Waals surface area (Å²) in [6, 6.07) is 8.40. The van der Waals surface area contributed by atoms with Gasteiger partial charge in [-0.05, 0) is 43.0 Å². The molecule has 2 rings (SSSR count). The van der Waals surface area contributed by atoms with Crippen molar-refractivity contribution in [1.29, 1.82) is 0 Å². The maximum absolute atomic E-state index is 5.43. The summed E-state index contributed by atoms with van der Waals surface area (Å²) in [5, 5.41) is 3.43. The Morgan fingerprint density at radius 3 is 2.87 bits per heavy atom. The minimum Gasteiger partial charge on any atom is -0.496 e. The number of nitrogens with one attached hydrogen (secondary N) is 1. The second kappa shape index (κ2) is 4.67. The normalized spacial score (nSPS) is 26.3. The van der Waals surface area contributed by atoms with E-state index in [2.05, 4.69) is 30.4 Å². The van der Waals surface area contributed by atoms with Gasteiger partial charge in [-0.25, -0.2) is 0 Å². The summed E-state index contributed by atoms with van der Waals surface area (Å²) in [5.41, 5.74) is 1.37. The van der Waals surface area contributed by atoms with Gasteiger partial charge in [0.2, 0.25) is 0 Å². The first-order chi connectivity index (χ1) is 7.33. The number of para-hydroxylation sites is 1. The Morgan fingerprint density at radius 2 is 2.13 bits per heavy atom. The highest BCUT2D eigenvalue weighted by molar-refractivity contribution is 5.36. The Hall–Kier alpha value is -1.02. The fourth-order valence-corrected chi connectivity index (χ4v) is 2.45. The molecule has 82 valence electrons. The van der Waals surface area contributed by atoms with E-state index in [0.717, 1.165) is 18.8 Å². The third-order valence-electron chi connectivity index (χ3n) is 3.32. The summed E-state index contributed by atoms with van der Waals surface area (Å²) in [6.45, 7) is 4.54. The molecule has 1 aromatic carbocycles. The maximum atomic E-state index is 5.43. The van der Waals surface area contributed by atoms with Crippen LogP contribution in [0.25, 0.3) is 0 Å². The van der Waals surface area contributed by atoms with Crippen molar-refractivity contribution in [3.05, 3.63) is 29.8 Å². The monoisotopic (exact) mass is 205 g/mol. The van der Waals surface area contributed by atoms with Crippen LogP contribution in [0.3, 0.4) is 0 Å². The Bertz CT molecular complexity index is 324. The predicted octanol–water partition coefficient (Wildman–Crippen LogP) is 2.41. The lowest BCUT2D eigenvalue weighted by molar-refractivity contribution is 0.334. The fraction of sp³-hybridized carbons (Fsp3) is 0.538. The van der Waals surface area contributed by atoms with Crippen molar-refractivity contribution in [2.75, 3.05) is 20.2 Å². The number of rotatable bonds is 2. The molecular weight excluding hydrogens is 186 g/mol. The molecule has 0 amide bonds. The molecule has 0 radical (unpaired) electrons. The fourth-order valence-electron chi connectivity index (χ4n) is 2.45. The zero-order valence-electron chi connectivity index (χ0n) is 9.49. The summed E-state index contributed by atoms with van der Waals surface area (Å²) in [5.74, 6) is 2.37. The Morgan fingerprint density at radius 1 is 1.33 bits per heavy atom. The average Bonchev–Trinajstić information content (AvgIpc) is 2.30. The summed E-state index contributed by atoms with van der Waals surface area (Å²) in [4.78, 5) is 0. The van der Waals surface area contributed by atoms with E-state index in [0.29, 0.717) is 11.8 Å². The van der Waals surface area contributed by atoms with Gasteiger partial charge < -0.3 is 10.1 Å². The second-order valence-electron chi connectivity index (χ2n) is 4.32. The first-order valence-electron chi connectivity index (χ1n) is 5.66. The molecule has 2 nitrogen and oxygen atoms in total. The van der Waals surface area contributed by atoms with Crippen molar-refractivity contribution >= 4 is 0 Å². The van der Waals surface area contributed by atoms with E-state index >= 15 is 0 Å². The molecule has 1 heterocycles. The molecular formula is C13H19NO. The largest absolute Gasteiger partial charge is 0.496 e. The first kappa shape index (κ1) is 10.5. The van der Waals surface area contributed by atoms with Crippen LogP contribution in [-0.4, -0.2) is 20.2 Å². The van der Waals surface area contributed by atoms with Gasteiger partial charge in [0, 0.05) is 0 Å². The highest BCUT2D eigenvalue weighted by Crippen LogP contribution is 2.35. The van der Waals surface area contributed by atoms with Crippen LogP contribution < -0.4 is 10.1 Å². The van der Waals surface area contributed by atoms with E-state index in [1.165, 1.54) is 12.0 Å². The van der Waals surface area contributed by atoms with Crippen molar-refractivity contribution < 1.29 is 4.74 Å². The molecule has 2 heteroatoms. The molecule has 2 atom stereocenters. The Kier molecular flexibility index (Phi) is 3.27. The molecule has 0 bridgehead atoms. The lowest BCUT2D eigenvalue weighted by Gasteiger charge is -2.30. The van der Waals surface area contributed by atoms with Crippen LogP contribution in [0.4, 0.5) is 0 Å². The van der Waals surface area contributed by atoms with Crippen LogP contribution in [0.2, 0.25) is 0 Å². The molecule has 1 N–H and O–H groups in total. The minimum atomic E-state index is 0.641. The summed E-state index contributed by atoms with van der Waals surface area (Å²) in [6.07, 6.45) is 1.21. The molecule has 1 aromatic rings. The summed E-state index contributed by atoms with van der Waals surface area (Å²) >= 11 is 0. The lowest BCUT2D eigenvalue weighted by Crippen LogP contribution is -2.33. The molecule has 0 aliphatic carbocycles. The van der Waals surface area contributed by atoms with E-state index in [1.807, 2.05) is 6.07 Å². The van der Waals surface area contributed by atoms with Crippen LogP contribution in [-0.2, 0) is 0 Å². The third-order valence-corrected chi connectivity index (χ3v) is 3.32. The van der Waals surface area contributed by atoms with Crippen LogP contribution in [0.1, 0.15) is 24.8 Å². The Labute approximate surface area is 91.6 Å². The topological polar surface area (TPSA) is 21.3 Å². The number of benzene rings is 1. The number of ether oxygens (including phenoxy) is 1. The molecule has 1 aliphatic rings. The minimum absolute atomic E-state index is 0.641. The van der Waals surface area contributed by atoms with Gasteiger partial charge >= 0.3 is 0 Å². The van der Waals surface area contributed by atoms with Gasteiger partial charge in [0.05, 0.1) is 7.11 Å². The van der Waals surface area contributed by atoms with Crippen LogP contribution in [0.15, 0.2) is 24.3 Å². The molecule has 1 aliphatic heterocycles. The van der Waals surface area contributed by atoms with Crippen molar-refractivity contribution in [1.82, 2.24) is 5.32 Å². The zero-order valence-corrected chi connectivity index (χ0v) is 9.49. The number of hydrogen-bond donors (Lipinski definition) is 1. The van der Waals surface area contributed by atoms with Gasteiger partial charge in [-0.1, -0.05) is 25.1 Å². The average molecular weight is 205 g/mol. The van der Waals surface area contributed by atoms with Gasteiger partial charge in [-0.2, -0.15) is 0 Å². The van der Waals surface area contributed by atoms with E-state index in [9.17, 15) is 0 Å². The number of hydrogen-bond acceptors (Lipinski definition) is 2. The van der Waals surface area contributed by atoms with Crippen LogP contribution in [0, 0.1) is 5.92 Å². The predicted molar refractivity (Wildman–Crippen MR) is 62.4 cm³/mol. The summed E-state index contributed by atoms with van der Waals surface area (Å²) < 4.78 is 5.43. The highest BCUT2D eigenvalue weighted by Gasteiger charge is 2.24. The Balaban J connectivity index is 2.26. The van der Waals surface area contributed by atoms with Crippen molar-refractivity contribution in [3.63, 3.8) is 0 Å². The lowest BCUT2D eigenvalue weighted by atomic mass is 9.82. The zero-order chi connectivity index (χ0) is 10.7. The van der Waals surface area contributed by atoms with Crippen molar-refractivity contribution in [2.45, 2.75) is 19.3 Å². The second-order valence-corrected chi connectivity index (χ2v) is 4.32.